The lowest BCUT2D eigenvalue weighted by Crippen LogP contribution is -2.21. The van der Waals surface area contributed by atoms with E-state index in [0.717, 1.165) is 12.1 Å². The van der Waals surface area contributed by atoms with Crippen LogP contribution in [0, 0.1) is 11.6 Å². The summed E-state index contributed by atoms with van der Waals surface area (Å²) in [7, 11) is 2.80. The number of halogens is 2. The van der Waals surface area contributed by atoms with Crippen molar-refractivity contribution in [2.24, 2.45) is 0 Å². The molecule has 0 aliphatic carbocycles. The Balaban J connectivity index is 1.73. The third-order valence-corrected chi connectivity index (χ3v) is 4.33. The first kappa shape index (κ1) is 22.5. The monoisotopic (exact) mass is 442 g/mol. The minimum atomic E-state index is -0.921. The van der Waals surface area contributed by atoms with E-state index >= 15 is 0 Å². The highest BCUT2D eigenvalue weighted by atomic mass is 19.1. The number of carbonyl (C=O) groups excluding carboxylic acids is 2. The average molecular weight is 442 g/mol. The number of hydrogen-bond donors (Lipinski definition) is 2. The molecule has 0 saturated carbocycles. The zero-order valence-electron chi connectivity index (χ0n) is 17.3. The number of hydrogen-bond acceptors (Lipinski definition) is 5. The normalized spacial score (nSPS) is 10.2. The number of ether oxygens (including phenoxy) is 3. The van der Waals surface area contributed by atoms with E-state index in [0.29, 0.717) is 17.3 Å². The van der Waals surface area contributed by atoms with Crippen LogP contribution >= 0.6 is 0 Å². The van der Waals surface area contributed by atoms with E-state index in [4.69, 9.17) is 14.2 Å². The summed E-state index contributed by atoms with van der Waals surface area (Å²) >= 11 is 0. The van der Waals surface area contributed by atoms with E-state index in [1.165, 1.54) is 26.4 Å². The van der Waals surface area contributed by atoms with E-state index in [1.54, 1.807) is 30.3 Å². The van der Waals surface area contributed by atoms with Crippen molar-refractivity contribution in [1.82, 2.24) is 0 Å². The van der Waals surface area contributed by atoms with Gasteiger partial charge in [0.1, 0.15) is 17.3 Å². The molecule has 0 fully saturated rings. The number of nitrogens with one attached hydrogen (secondary N) is 2. The van der Waals surface area contributed by atoms with Crippen LogP contribution in [0.3, 0.4) is 0 Å². The first-order valence-electron chi connectivity index (χ1n) is 9.41. The Morgan fingerprint density at radius 3 is 2.03 bits per heavy atom. The Bertz CT molecular complexity index is 1120. The Morgan fingerprint density at radius 1 is 0.812 bits per heavy atom. The van der Waals surface area contributed by atoms with Crippen molar-refractivity contribution in [2.45, 2.75) is 0 Å². The molecule has 166 valence electrons. The zero-order chi connectivity index (χ0) is 23.1. The van der Waals surface area contributed by atoms with Crippen molar-refractivity contribution >= 4 is 23.2 Å². The van der Waals surface area contributed by atoms with Gasteiger partial charge in [-0.2, -0.15) is 0 Å². The third kappa shape index (κ3) is 5.51. The first-order chi connectivity index (χ1) is 15.4. The zero-order valence-corrected chi connectivity index (χ0v) is 17.3. The second kappa shape index (κ2) is 10.3. The van der Waals surface area contributed by atoms with Gasteiger partial charge in [-0.3, -0.25) is 9.59 Å². The predicted molar refractivity (Wildman–Crippen MR) is 114 cm³/mol. The van der Waals surface area contributed by atoms with E-state index < -0.39 is 24.1 Å². The van der Waals surface area contributed by atoms with Gasteiger partial charge in [0.15, 0.2) is 18.2 Å². The molecule has 7 nitrogen and oxygen atoms in total. The van der Waals surface area contributed by atoms with Crippen molar-refractivity contribution in [3.8, 4) is 17.2 Å². The molecule has 0 aliphatic rings. The maximum absolute atomic E-state index is 13.6. The molecule has 0 spiro atoms. The molecule has 32 heavy (non-hydrogen) atoms. The third-order valence-electron chi connectivity index (χ3n) is 4.33. The molecule has 0 aliphatic heterocycles. The Kier molecular flexibility index (Phi) is 7.22. The second-order valence-corrected chi connectivity index (χ2v) is 6.48. The summed E-state index contributed by atoms with van der Waals surface area (Å²) < 4.78 is 42.3. The molecular weight excluding hydrogens is 422 g/mol. The number of carbonyl (C=O) groups is 2. The van der Waals surface area contributed by atoms with Gasteiger partial charge >= 0.3 is 0 Å². The molecule has 3 aromatic rings. The molecule has 0 aromatic heterocycles. The summed E-state index contributed by atoms with van der Waals surface area (Å²) in [6, 6.07) is 14.3. The molecule has 3 aromatic carbocycles. The van der Waals surface area contributed by atoms with Crippen LogP contribution in [0.4, 0.5) is 20.2 Å². The molecule has 2 N–H and O–H groups in total. The van der Waals surface area contributed by atoms with Gasteiger partial charge in [-0.15, -0.1) is 0 Å². The highest BCUT2D eigenvalue weighted by Crippen LogP contribution is 2.36. The van der Waals surface area contributed by atoms with Crippen molar-refractivity contribution in [2.75, 3.05) is 31.5 Å². The predicted octanol–water partition coefficient (Wildman–Crippen LogP) is 4.25. The Morgan fingerprint density at radius 2 is 1.44 bits per heavy atom. The fourth-order valence-electron chi connectivity index (χ4n) is 2.80. The van der Waals surface area contributed by atoms with Gasteiger partial charge in [-0.05, 0) is 24.3 Å². The minimum absolute atomic E-state index is 0.246. The van der Waals surface area contributed by atoms with Crippen LogP contribution in [0.2, 0.25) is 0 Å². The van der Waals surface area contributed by atoms with Gasteiger partial charge < -0.3 is 24.8 Å². The van der Waals surface area contributed by atoms with Crippen LogP contribution in [0.1, 0.15) is 10.4 Å². The average Bonchev–Trinajstić information content (AvgIpc) is 2.79. The van der Waals surface area contributed by atoms with Gasteiger partial charge in [0.2, 0.25) is 0 Å². The Hall–Kier alpha value is -4.14. The fourth-order valence-corrected chi connectivity index (χ4v) is 2.80. The number of methoxy groups -OCH3 is 2. The number of benzene rings is 3. The second-order valence-electron chi connectivity index (χ2n) is 6.48. The summed E-state index contributed by atoms with van der Waals surface area (Å²) in [6.07, 6.45) is 0. The number of anilines is 2. The lowest BCUT2D eigenvalue weighted by molar-refractivity contribution is -0.118. The van der Waals surface area contributed by atoms with E-state index in [1.807, 2.05) is 0 Å². The molecule has 0 atom stereocenters. The number of amides is 2. The maximum Gasteiger partial charge on any atom is 0.262 e. The van der Waals surface area contributed by atoms with Gasteiger partial charge in [-0.25, -0.2) is 8.78 Å². The molecule has 0 unspecified atom stereocenters. The topological polar surface area (TPSA) is 85.9 Å². The highest BCUT2D eigenvalue weighted by molar-refractivity contribution is 6.05. The molecule has 0 saturated heterocycles. The quantitative estimate of drug-likeness (QED) is 0.545. The van der Waals surface area contributed by atoms with Crippen LogP contribution in [-0.4, -0.2) is 32.6 Å². The summed E-state index contributed by atoms with van der Waals surface area (Å²) in [5.74, 6) is -2.38. The van der Waals surface area contributed by atoms with E-state index in [2.05, 4.69) is 10.6 Å². The molecule has 9 heteroatoms. The summed E-state index contributed by atoms with van der Waals surface area (Å²) in [4.78, 5) is 24.7. The van der Waals surface area contributed by atoms with Crippen molar-refractivity contribution < 1.29 is 32.6 Å². The Labute approximate surface area is 182 Å². The molecular formula is C23H20F2N2O5. The van der Waals surface area contributed by atoms with E-state index in [9.17, 15) is 18.4 Å². The summed E-state index contributed by atoms with van der Waals surface area (Å²) in [5, 5.41) is 5.31. The lowest BCUT2D eigenvalue weighted by Gasteiger charge is -2.16. The standard InChI is InChI=1S/C23H20F2N2O5/c1-30-20-12-18(27-23(29)14-6-4-3-5-7-14)21(31-2)11-17(20)26-22(28)13-32-19-9-8-15(24)10-16(19)25/h3-12H,13H2,1-2H3,(H,26,28)(H,27,29). The number of rotatable bonds is 8. The van der Waals surface area contributed by atoms with E-state index in [-0.39, 0.29) is 28.8 Å². The van der Waals surface area contributed by atoms with Gasteiger partial charge in [0.25, 0.3) is 11.8 Å². The molecule has 3 rings (SSSR count). The minimum Gasteiger partial charge on any atom is -0.494 e. The maximum atomic E-state index is 13.6. The van der Waals surface area contributed by atoms with Gasteiger partial charge in [0.05, 0.1) is 25.6 Å². The largest absolute Gasteiger partial charge is 0.494 e. The fraction of sp³-hybridized carbons (Fsp3) is 0.130. The first-order valence-corrected chi connectivity index (χ1v) is 9.41. The SMILES string of the molecule is COc1cc(NC(=O)c2ccccc2)c(OC)cc1NC(=O)COc1ccc(F)cc1F. The molecule has 0 heterocycles. The lowest BCUT2D eigenvalue weighted by atomic mass is 10.2. The molecule has 0 radical (unpaired) electrons. The van der Waals surface area contributed by atoms with Gasteiger partial charge in [-0.1, -0.05) is 18.2 Å². The van der Waals surface area contributed by atoms with Crippen molar-refractivity contribution in [3.63, 3.8) is 0 Å². The van der Waals surface area contributed by atoms with Crippen LogP contribution in [-0.2, 0) is 4.79 Å². The van der Waals surface area contributed by atoms with Crippen LogP contribution < -0.4 is 24.8 Å². The van der Waals surface area contributed by atoms with Crippen LogP contribution in [0.25, 0.3) is 0 Å². The highest BCUT2D eigenvalue weighted by Gasteiger charge is 2.17. The summed E-state index contributed by atoms with van der Waals surface area (Å²) in [6.45, 7) is -0.527. The van der Waals surface area contributed by atoms with Crippen LogP contribution in [0.15, 0.2) is 60.7 Å². The molecule has 0 bridgehead atoms. The van der Waals surface area contributed by atoms with Gasteiger partial charge in [0, 0.05) is 23.8 Å². The molecule has 2 amide bonds. The summed E-state index contributed by atoms with van der Waals surface area (Å²) in [5.41, 5.74) is 1.03. The van der Waals surface area contributed by atoms with Crippen molar-refractivity contribution in [3.05, 3.63) is 77.9 Å². The van der Waals surface area contributed by atoms with Crippen molar-refractivity contribution in [1.29, 1.82) is 0 Å². The van der Waals surface area contributed by atoms with Crippen LogP contribution in [0.5, 0.6) is 17.2 Å². The smallest absolute Gasteiger partial charge is 0.262 e.